The molecule has 1 heterocycles. The van der Waals surface area contributed by atoms with Crippen molar-refractivity contribution in [3.63, 3.8) is 0 Å². The second kappa shape index (κ2) is 8.67. The van der Waals surface area contributed by atoms with Crippen LogP contribution in [0.5, 0.6) is 5.75 Å². The van der Waals surface area contributed by atoms with Crippen LogP contribution in [0.15, 0.2) is 67.0 Å². The molecule has 4 aromatic rings. The summed E-state index contributed by atoms with van der Waals surface area (Å²) in [6.45, 7) is 0.188. The van der Waals surface area contributed by atoms with E-state index in [2.05, 4.69) is 15.3 Å². The molecule has 1 aromatic heterocycles. The van der Waals surface area contributed by atoms with Crippen molar-refractivity contribution in [3.05, 3.63) is 83.4 Å². The van der Waals surface area contributed by atoms with Crippen LogP contribution in [-0.2, 0) is 6.61 Å². The highest BCUT2D eigenvalue weighted by Crippen LogP contribution is 2.30. The van der Waals surface area contributed by atoms with Crippen molar-refractivity contribution in [3.8, 4) is 5.75 Å². The van der Waals surface area contributed by atoms with Crippen molar-refractivity contribution in [1.29, 1.82) is 0 Å². The summed E-state index contributed by atoms with van der Waals surface area (Å²) in [7, 11) is -1.59. The van der Waals surface area contributed by atoms with E-state index in [0.29, 0.717) is 44.2 Å². The number of halogens is 2. The van der Waals surface area contributed by atoms with E-state index >= 15 is 0 Å². The first-order valence-electron chi connectivity index (χ1n) is 9.04. The zero-order valence-corrected chi connectivity index (χ0v) is 16.3. The third-order valence-electron chi connectivity index (χ3n) is 4.44. The lowest BCUT2D eigenvalue weighted by Gasteiger charge is -2.12. The molecule has 0 saturated heterocycles. The minimum absolute atomic E-state index is 0.188. The van der Waals surface area contributed by atoms with Crippen molar-refractivity contribution in [2.24, 2.45) is 0 Å². The van der Waals surface area contributed by atoms with Crippen molar-refractivity contribution in [1.82, 2.24) is 9.97 Å². The SMILES string of the molecule is OB(O)c1ccc2ncnc(Nc3ccc(OCc4cccc(F)c4)c(Cl)c3)c2c1. The van der Waals surface area contributed by atoms with Crippen LogP contribution in [0, 0.1) is 5.82 Å². The van der Waals surface area contributed by atoms with E-state index in [-0.39, 0.29) is 12.4 Å². The standard InChI is InChI=1S/C21H16BClFN3O3/c23-18-10-16(5-7-20(18)30-11-13-2-1-3-15(24)8-13)27-21-17-9-14(22(28)29)4-6-19(17)25-12-26-21/h1-10,12,28-29H,11H2,(H,25,26,27). The minimum Gasteiger partial charge on any atom is -0.487 e. The Kier molecular flexibility index (Phi) is 5.80. The maximum atomic E-state index is 13.3. The van der Waals surface area contributed by atoms with E-state index < -0.39 is 7.12 Å². The normalized spacial score (nSPS) is 10.8. The fourth-order valence-electron chi connectivity index (χ4n) is 2.95. The fraction of sp³-hybridized carbons (Fsp3) is 0.0476. The molecule has 0 radical (unpaired) electrons. The van der Waals surface area contributed by atoms with Crippen LogP contribution in [-0.4, -0.2) is 27.1 Å². The fourth-order valence-corrected chi connectivity index (χ4v) is 3.19. The Balaban J connectivity index is 1.54. The van der Waals surface area contributed by atoms with E-state index in [1.54, 1.807) is 48.5 Å². The van der Waals surface area contributed by atoms with Crippen LogP contribution in [0.25, 0.3) is 10.9 Å². The highest BCUT2D eigenvalue weighted by atomic mass is 35.5. The molecule has 3 N–H and O–H groups in total. The number of rotatable bonds is 6. The Morgan fingerprint density at radius 3 is 2.67 bits per heavy atom. The van der Waals surface area contributed by atoms with E-state index in [4.69, 9.17) is 16.3 Å². The Hall–Kier alpha value is -3.20. The molecule has 0 aliphatic rings. The van der Waals surface area contributed by atoms with Gasteiger partial charge in [-0.3, -0.25) is 0 Å². The third kappa shape index (κ3) is 4.51. The molecule has 0 amide bonds. The lowest BCUT2D eigenvalue weighted by atomic mass is 9.80. The molecular weight excluding hydrogens is 408 g/mol. The molecule has 0 saturated carbocycles. The van der Waals surface area contributed by atoms with Gasteiger partial charge < -0.3 is 20.1 Å². The number of hydrogen-bond donors (Lipinski definition) is 3. The molecule has 9 heteroatoms. The van der Waals surface area contributed by atoms with Gasteiger partial charge in [0.1, 0.15) is 30.3 Å². The maximum absolute atomic E-state index is 13.3. The maximum Gasteiger partial charge on any atom is 0.488 e. The molecule has 0 spiro atoms. The molecule has 0 aliphatic carbocycles. The number of benzene rings is 3. The van der Waals surface area contributed by atoms with Gasteiger partial charge >= 0.3 is 7.12 Å². The van der Waals surface area contributed by atoms with Crippen molar-refractivity contribution in [2.45, 2.75) is 6.61 Å². The van der Waals surface area contributed by atoms with Gasteiger partial charge in [0.15, 0.2) is 0 Å². The Bertz CT molecular complexity index is 1210. The Morgan fingerprint density at radius 1 is 1.03 bits per heavy atom. The molecule has 4 rings (SSSR count). The first-order chi connectivity index (χ1) is 14.5. The lowest BCUT2D eigenvalue weighted by molar-refractivity contribution is 0.306. The quantitative estimate of drug-likeness (QED) is 0.412. The van der Waals surface area contributed by atoms with Crippen LogP contribution in [0.4, 0.5) is 15.9 Å². The molecule has 0 atom stereocenters. The summed E-state index contributed by atoms with van der Waals surface area (Å²) in [6.07, 6.45) is 1.41. The monoisotopic (exact) mass is 423 g/mol. The highest BCUT2D eigenvalue weighted by molar-refractivity contribution is 6.59. The van der Waals surface area contributed by atoms with Gasteiger partial charge in [0, 0.05) is 11.1 Å². The van der Waals surface area contributed by atoms with Crippen molar-refractivity contribution >= 4 is 46.6 Å². The van der Waals surface area contributed by atoms with Gasteiger partial charge in [-0.05, 0) is 53.5 Å². The number of nitrogens with zero attached hydrogens (tertiary/aromatic N) is 2. The third-order valence-corrected chi connectivity index (χ3v) is 4.73. The van der Waals surface area contributed by atoms with E-state index in [1.165, 1.54) is 18.5 Å². The molecule has 3 aromatic carbocycles. The minimum atomic E-state index is -1.59. The van der Waals surface area contributed by atoms with E-state index in [1.807, 2.05) is 0 Å². The van der Waals surface area contributed by atoms with Crippen LogP contribution in [0.3, 0.4) is 0 Å². The Labute approximate surface area is 177 Å². The predicted molar refractivity (Wildman–Crippen MR) is 115 cm³/mol. The van der Waals surface area contributed by atoms with Gasteiger partial charge in [-0.1, -0.05) is 29.8 Å². The van der Waals surface area contributed by atoms with Crippen LogP contribution >= 0.6 is 11.6 Å². The number of anilines is 2. The Morgan fingerprint density at radius 2 is 1.90 bits per heavy atom. The van der Waals surface area contributed by atoms with Crippen LogP contribution in [0.1, 0.15) is 5.56 Å². The van der Waals surface area contributed by atoms with Gasteiger partial charge in [0.2, 0.25) is 0 Å². The average Bonchev–Trinajstić information content (AvgIpc) is 2.73. The zero-order valence-electron chi connectivity index (χ0n) is 15.6. The summed E-state index contributed by atoms with van der Waals surface area (Å²) < 4.78 is 19.0. The molecule has 6 nitrogen and oxygen atoms in total. The van der Waals surface area contributed by atoms with Gasteiger partial charge in [-0.25, -0.2) is 14.4 Å². The number of fused-ring (bicyclic) bond motifs is 1. The summed E-state index contributed by atoms with van der Waals surface area (Å²) >= 11 is 6.34. The highest BCUT2D eigenvalue weighted by Gasteiger charge is 2.14. The van der Waals surface area contributed by atoms with Gasteiger partial charge in [-0.15, -0.1) is 0 Å². The van der Waals surface area contributed by atoms with Crippen LogP contribution < -0.4 is 15.5 Å². The van der Waals surface area contributed by atoms with Crippen LogP contribution in [0.2, 0.25) is 5.02 Å². The summed E-state index contributed by atoms with van der Waals surface area (Å²) in [5, 5.41) is 23.0. The van der Waals surface area contributed by atoms with Crippen molar-refractivity contribution < 1.29 is 19.2 Å². The van der Waals surface area contributed by atoms with Crippen molar-refractivity contribution in [2.75, 3.05) is 5.32 Å². The molecular formula is C21H16BClFN3O3. The zero-order chi connectivity index (χ0) is 21.1. The van der Waals surface area contributed by atoms with Gasteiger partial charge in [-0.2, -0.15) is 0 Å². The molecule has 150 valence electrons. The van der Waals surface area contributed by atoms with Gasteiger partial charge in [0.05, 0.1) is 10.5 Å². The predicted octanol–water partition coefficient (Wildman–Crippen LogP) is 3.42. The van der Waals surface area contributed by atoms with Gasteiger partial charge in [0.25, 0.3) is 0 Å². The molecule has 0 fully saturated rings. The smallest absolute Gasteiger partial charge is 0.487 e. The second-order valence-corrected chi connectivity index (χ2v) is 6.97. The number of hydrogen-bond acceptors (Lipinski definition) is 6. The number of ether oxygens (including phenoxy) is 1. The number of nitrogens with one attached hydrogen (secondary N) is 1. The summed E-state index contributed by atoms with van der Waals surface area (Å²) in [4.78, 5) is 8.43. The molecule has 0 unspecified atom stereocenters. The first kappa shape index (κ1) is 20.1. The molecule has 0 aliphatic heterocycles. The average molecular weight is 424 g/mol. The lowest BCUT2D eigenvalue weighted by Crippen LogP contribution is -2.29. The number of aromatic nitrogens is 2. The summed E-state index contributed by atoms with van der Waals surface area (Å²) in [6, 6.07) is 16.2. The summed E-state index contributed by atoms with van der Waals surface area (Å²) in [5.74, 6) is 0.632. The summed E-state index contributed by atoms with van der Waals surface area (Å²) in [5.41, 5.74) is 2.34. The second-order valence-electron chi connectivity index (χ2n) is 6.56. The molecule has 30 heavy (non-hydrogen) atoms. The topological polar surface area (TPSA) is 87.5 Å². The van der Waals surface area contributed by atoms with E-state index in [0.717, 1.165) is 0 Å². The van der Waals surface area contributed by atoms with E-state index in [9.17, 15) is 14.4 Å². The largest absolute Gasteiger partial charge is 0.488 e. The first-order valence-corrected chi connectivity index (χ1v) is 9.42. The molecule has 0 bridgehead atoms.